The minimum atomic E-state index is -5.39. The Balaban J connectivity index is 1.18. The minimum absolute atomic E-state index is 0.0302. The fraction of sp³-hybridized carbons (Fsp3) is 0.224. The number of imidazole rings is 1. The van der Waals surface area contributed by atoms with Gasteiger partial charge in [-0.15, -0.1) is 0 Å². The molecule has 2 fully saturated rings. The second-order valence-electron chi connectivity index (χ2n) is 15.9. The molecule has 0 spiro atoms. The fourth-order valence-corrected chi connectivity index (χ4v) is 10.9. The maximum Gasteiger partial charge on any atom is 0.249 e. The molecule has 0 N–H and O–H groups in total. The van der Waals surface area contributed by atoms with Gasteiger partial charge in [-0.05, 0) is 71.2 Å². The third-order valence-corrected chi connectivity index (χ3v) is 14.4. The molecule has 7 nitrogen and oxygen atoms in total. The number of amides is 1. The van der Waals surface area contributed by atoms with Gasteiger partial charge in [0.15, 0.2) is 28.2 Å². The molecule has 1 unspecified atom stereocenters. The van der Waals surface area contributed by atoms with Crippen molar-refractivity contribution in [2.45, 2.75) is 67.5 Å². The van der Waals surface area contributed by atoms with Crippen molar-refractivity contribution < 1.29 is 35.2 Å². The van der Waals surface area contributed by atoms with Gasteiger partial charge < -0.3 is 9.47 Å². The van der Waals surface area contributed by atoms with E-state index in [4.69, 9.17) is 4.98 Å². The standard InChI is InChI=1S/C49H41F5N4O3S/c50-42-43(51)45(53)47(46(54)44(42)52)62(60,61)58-28-27-40(58)48(59)56(30-32-21-23-34(24-22-32)33-13-5-1-6-14-33)38-25-26-39-41(29-38)57(31-55-39)49(35-15-7-2-8-16-35,36-17-9-3-10-18-36)37-19-11-4-12-20-37/h2-4,7-12,15-26,29,31,33,40H,1,5-6,13-14,27-28,30H2. The molecule has 1 saturated carbocycles. The summed E-state index contributed by atoms with van der Waals surface area (Å²) < 4.78 is 103. The molecule has 2 heterocycles. The van der Waals surface area contributed by atoms with Gasteiger partial charge in [-0.1, -0.05) is 135 Å². The van der Waals surface area contributed by atoms with Crippen molar-refractivity contribution in [2.24, 2.45) is 0 Å². The number of fused-ring (bicyclic) bond motifs is 1. The van der Waals surface area contributed by atoms with Crippen molar-refractivity contribution >= 4 is 32.7 Å². The van der Waals surface area contributed by atoms with Crippen molar-refractivity contribution in [2.75, 3.05) is 11.4 Å². The number of benzene rings is 6. The van der Waals surface area contributed by atoms with Crippen LogP contribution in [-0.2, 0) is 26.9 Å². The van der Waals surface area contributed by atoms with Crippen molar-refractivity contribution in [3.05, 3.63) is 197 Å². The zero-order valence-corrected chi connectivity index (χ0v) is 34.2. The van der Waals surface area contributed by atoms with E-state index >= 15 is 8.78 Å². The van der Waals surface area contributed by atoms with E-state index in [1.807, 2.05) is 121 Å². The van der Waals surface area contributed by atoms with E-state index in [0.29, 0.717) is 26.9 Å². The molecule has 0 radical (unpaired) electrons. The van der Waals surface area contributed by atoms with Crippen LogP contribution in [0.5, 0.6) is 0 Å². The van der Waals surface area contributed by atoms with E-state index in [0.717, 1.165) is 47.9 Å². The summed E-state index contributed by atoms with van der Waals surface area (Å²) in [5, 5.41) is 0. The van der Waals surface area contributed by atoms with Crippen LogP contribution in [0.2, 0.25) is 0 Å². The molecule has 9 rings (SSSR count). The monoisotopic (exact) mass is 860 g/mol. The predicted octanol–water partition coefficient (Wildman–Crippen LogP) is 10.6. The smallest absolute Gasteiger partial charge is 0.249 e. The number of aromatic nitrogens is 2. The van der Waals surface area contributed by atoms with Crippen LogP contribution in [0, 0.1) is 29.1 Å². The van der Waals surface area contributed by atoms with E-state index in [-0.39, 0.29) is 19.5 Å². The summed E-state index contributed by atoms with van der Waals surface area (Å²) in [6, 6.07) is 41.6. The van der Waals surface area contributed by atoms with Gasteiger partial charge in [0.2, 0.25) is 21.7 Å². The Morgan fingerprint density at radius 1 is 0.661 bits per heavy atom. The van der Waals surface area contributed by atoms with Crippen molar-refractivity contribution in [3.8, 4) is 0 Å². The third kappa shape index (κ3) is 6.97. The maximum absolute atomic E-state index is 15.0. The molecule has 2 aliphatic rings. The van der Waals surface area contributed by atoms with Crippen LogP contribution >= 0.6 is 0 Å². The first-order valence-corrected chi connectivity index (χ1v) is 22.0. The molecule has 316 valence electrons. The summed E-state index contributed by atoms with van der Waals surface area (Å²) in [5.74, 6) is -12.6. The first-order chi connectivity index (χ1) is 30.0. The molecule has 1 saturated heterocycles. The highest BCUT2D eigenvalue weighted by Gasteiger charge is 2.48. The number of nitrogens with zero attached hydrogens (tertiary/aromatic N) is 4. The SMILES string of the molecule is O=C(C1CCN1S(=O)(=O)c1c(F)c(F)c(F)c(F)c1F)N(Cc1ccc(C2CCCCC2)cc1)c1ccc2ncn(C(c3ccccc3)(c3ccccc3)c3ccccc3)c2c1. The zero-order chi connectivity index (χ0) is 43.2. The normalized spacial score (nSPS) is 16.3. The van der Waals surface area contributed by atoms with Gasteiger partial charge in [-0.3, -0.25) is 4.79 Å². The van der Waals surface area contributed by atoms with Crippen molar-refractivity contribution in [3.63, 3.8) is 0 Å². The van der Waals surface area contributed by atoms with Crippen LogP contribution < -0.4 is 4.90 Å². The molecule has 13 heteroatoms. The Morgan fingerprint density at radius 3 is 1.71 bits per heavy atom. The first-order valence-electron chi connectivity index (χ1n) is 20.6. The number of carbonyl (C=O) groups excluding carboxylic acids is 1. The average Bonchev–Trinajstić information content (AvgIpc) is 3.71. The van der Waals surface area contributed by atoms with E-state index in [2.05, 4.69) is 4.57 Å². The summed E-state index contributed by atoms with van der Waals surface area (Å²) in [6.07, 6.45) is 7.37. The van der Waals surface area contributed by atoms with Crippen LogP contribution in [0.25, 0.3) is 11.0 Å². The van der Waals surface area contributed by atoms with E-state index in [1.165, 1.54) is 16.9 Å². The topological polar surface area (TPSA) is 75.5 Å². The van der Waals surface area contributed by atoms with Gasteiger partial charge in [-0.2, -0.15) is 4.31 Å². The third-order valence-electron chi connectivity index (χ3n) is 12.4. The number of hydrogen-bond donors (Lipinski definition) is 0. The second kappa shape index (κ2) is 16.6. The van der Waals surface area contributed by atoms with E-state index in [9.17, 15) is 26.4 Å². The molecule has 6 aromatic carbocycles. The van der Waals surface area contributed by atoms with Crippen LogP contribution in [0.1, 0.15) is 72.3 Å². The lowest BCUT2D eigenvalue weighted by Crippen LogP contribution is -2.59. The van der Waals surface area contributed by atoms with Gasteiger partial charge in [0.05, 0.1) is 23.9 Å². The lowest BCUT2D eigenvalue weighted by molar-refractivity contribution is -0.125. The van der Waals surface area contributed by atoms with E-state index < -0.39 is 61.5 Å². The van der Waals surface area contributed by atoms with Gasteiger partial charge >= 0.3 is 0 Å². The van der Waals surface area contributed by atoms with Crippen LogP contribution in [-0.4, -0.2) is 40.8 Å². The van der Waals surface area contributed by atoms with Gasteiger partial charge in [0.1, 0.15) is 11.6 Å². The van der Waals surface area contributed by atoms with E-state index in [1.54, 1.807) is 18.5 Å². The molecule has 1 amide bonds. The number of sulfonamides is 1. The van der Waals surface area contributed by atoms with Gasteiger partial charge in [-0.25, -0.2) is 35.4 Å². The fourth-order valence-electron chi connectivity index (χ4n) is 9.20. The molecular weight excluding hydrogens is 820 g/mol. The summed E-state index contributed by atoms with van der Waals surface area (Å²) in [5.41, 5.74) is 5.32. The number of carbonyl (C=O) groups is 1. The summed E-state index contributed by atoms with van der Waals surface area (Å²) in [7, 11) is -5.39. The lowest BCUT2D eigenvalue weighted by Gasteiger charge is -2.41. The second-order valence-corrected chi connectivity index (χ2v) is 17.7. The minimum Gasteiger partial charge on any atom is -0.312 e. The summed E-state index contributed by atoms with van der Waals surface area (Å²) >= 11 is 0. The molecular formula is C49H41F5N4O3S. The number of hydrogen-bond acceptors (Lipinski definition) is 4. The largest absolute Gasteiger partial charge is 0.312 e. The summed E-state index contributed by atoms with van der Waals surface area (Å²) in [4.78, 5) is 19.2. The van der Waals surface area contributed by atoms with Gasteiger partial charge in [0, 0.05) is 12.2 Å². The quantitative estimate of drug-likeness (QED) is 0.0562. The predicted molar refractivity (Wildman–Crippen MR) is 226 cm³/mol. The van der Waals surface area contributed by atoms with Crippen LogP contribution in [0.4, 0.5) is 27.6 Å². The van der Waals surface area contributed by atoms with Crippen LogP contribution in [0.3, 0.4) is 0 Å². The number of anilines is 1. The summed E-state index contributed by atoms with van der Waals surface area (Å²) in [6.45, 7) is -0.417. The molecule has 7 aromatic rings. The molecule has 1 atom stereocenters. The molecule has 62 heavy (non-hydrogen) atoms. The molecule has 0 bridgehead atoms. The highest BCUT2D eigenvalue weighted by atomic mass is 32.2. The Bertz CT molecular complexity index is 2750. The van der Waals surface area contributed by atoms with Gasteiger partial charge in [0.25, 0.3) is 0 Å². The lowest BCUT2D eigenvalue weighted by atomic mass is 9.76. The first kappa shape index (κ1) is 41.2. The Kier molecular flexibility index (Phi) is 11.0. The number of rotatable bonds is 11. The highest BCUT2D eigenvalue weighted by Crippen LogP contribution is 2.44. The zero-order valence-electron chi connectivity index (χ0n) is 33.4. The number of halogens is 5. The molecule has 1 aromatic heterocycles. The highest BCUT2D eigenvalue weighted by molar-refractivity contribution is 7.89. The Morgan fingerprint density at radius 2 is 1.19 bits per heavy atom. The average molecular weight is 861 g/mol. The molecule has 1 aliphatic carbocycles. The van der Waals surface area contributed by atoms with Crippen molar-refractivity contribution in [1.29, 1.82) is 0 Å². The molecule has 1 aliphatic heterocycles. The maximum atomic E-state index is 15.0. The Labute approximate surface area is 356 Å². The Hall–Kier alpha value is -6.18. The van der Waals surface area contributed by atoms with Crippen molar-refractivity contribution in [1.82, 2.24) is 13.9 Å². The van der Waals surface area contributed by atoms with Crippen LogP contribution in [0.15, 0.2) is 145 Å².